The molecule has 2 aromatic rings. The summed E-state index contributed by atoms with van der Waals surface area (Å²) in [6, 6.07) is 9.86. The van der Waals surface area contributed by atoms with Crippen LogP contribution in [-0.2, 0) is 0 Å². The molecule has 88 valence electrons. The molecule has 0 aliphatic carbocycles. The van der Waals surface area contributed by atoms with Gasteiger partial charge in [-0.2, -0.15) is 0 Å². The standard InChI is InChI=1S/C12H13N3S2/c1-2-13-12(17)14-9-4-5-10-8(7-9)3-6-11(16)15-10/h3-7H,2H2,1H3,(H,15,16)(H2,13,14,17). The average molecular weight is 263 g/mol. The van der Waals surface area contributed by atoms with E-state index in [0.29, 0.717) is 5.11 Å². The lowest BCUT2D eigenvalue weighted by Gasteiger charge is -2.09. The summed E-state index contributed by atoms with van der Waals surface area (Å²) in [4.78, 5) is 3.13. The summed E-state index contributed by atoms with van der Waals surface area (Å²) in [5, 5.41) is 7.91. The van der Waals surface area contributed by atoms with E-state index >= 15 is 0 Å². The third-order valence-electron chi connectivity index (χ3n) is 2.32. The molecule has 0 aliphatic heterocycles. The van der Waals surface area contributed by atoms with Crippen molar-refractivity contribution in [3.63, 3.8) is 0 Å². The van der Waals surface area contributed by atoms with Crippen molar-refractivity contribution in [3.05, 3.63) is 35.0 Å². The molecular weight excluding hydrogens is 250 g/mol. The van der Waals surface area contributed by atoms with Gasteiger partial charge in [-0.25, -0.2) is 0 Å². The predicted molar refractivity (Wildman–Crippen MR) is 79.0 cm³/mol. The molecule has 3 nitrogen and oxygen atoms in total. The average Bonchev–Trinajstić information content (AvgIpc) is 2.29. The highest BCUT2D eigenvalue weighted by Gasteiger charge is 1.98. The van der Waals surface area contributed by atoms with E-state index in [4.69, 9.17) is 24.4 Å². The van der Waals surface area contributed by atoms with E-state index in [1.54, 1.807) is 0 Å². The monoisotopic (exact) mass is 263 g/mol. The van der Waals surface area contributed by atoms with Gasteiger partial charge in [0.1, 0.15) is 4.64 Å². The summed E-state index contributed by atoms with van der Waals surface area (Å²) in [7, 11) is 0. The third-order valence-corrected chi connectivity index (χ3v) is 2.80. The molecule has 17 heavy (non-hydrogen) atoms. The van der Waals surface area contributed by atoms with Gasteiger partial charge in [0, 0.05) is 23.1 Å². The summed E-state index contributed by atoms with van der Waals surface area (Å²) < 4.78 is 0.737. The van der Waals surface area contributed by atoms with Crippen LogP contribution in [0, 0.1) is 4.64 Å². The third kappa shape index (κ3) is 3.01. The number of rotatable bonds is 2. The van der Waals surface area contributed by atoms with Crippen molar-refractivity contribution in [3.8, 4) is 0 Å². The second-order valence-corrected chi connectivity index (χ2v) is 4.46. The minimum atomic E-state index is 0.635. The van der Waals surface area contributed by atoms with Crippen molar-refractivity contribution in [2.24, 2.45) is 0 Å². The van der Waals surface area contributed by atoms with E-state index in [2.05, 4.69) is 15.6 Å². The number of aromatic amines is 1. The highest BCUT2D eigenvalue weighted by Crippen LogP contribution is 2.17. The van der Waals surface area contributed by atoms with Crippen LogP contribution in [0.15, 0.2) is 30.3 Å². The van der Waals surface area contributed by atoms with Crippen LogP contribution in [0.4, 0.5) is 5.69 Å². The number of H-pyrrole nitrogens is 1. The fourth-order valence-electron chi connectivity index (χ4n) is 1.57. The molecule has 0 aliphatic rings. The lowest BCUT2D eigenvalue weighted by Crippen LogP contribution is -2.27. The Morgan fingerprint density at radius 3 is 2.88 bits per heavy atom. The predicted octanol–water partition coefficient (Wildman–Crippen LogP) is 3.20. The molecule has 1 heterocycles. The molecule has 1 aromatic carbocycles. The molecule has 0 unspecified atom stereocenters. The van der Waals surface area contributed by atoms with Crippen molar-refractivity contribution in [2.75, 3.05) is 11.9 Å². The van der Waals surface area contributed by atoms with Gasteiger partial charge in [0.05, 0.1) is 0 Å². The SMILES string of the molecule is CCNC(=S)Nc1ccc2[nH]c(=S)ccc2c1. The van der Waals surface area contributed by atoms with E-state index in [0.717, 1.165) is 27.8 Å². The Kier molecular flexibility index (Phi) is 3.71. The number of hydrogen-bond acceptors (Lipinski definition) is 2. The topological polar surface area (TPSA) is 39.8 Å². The van der Waals surface area contributed by atoms with Gasteiger partial charge in [0.25, 0.3) is 0 Å². The Hall–Kier alpha value is -1.46. The zero-order valence-electron chi connectivity index (χ0n) is 9.41. The largest absolute Gasteiger partial charge is 0.363 e. The molecule has 3 N–H and O–H groups in total. The number of anilines is 1. The van der Waals surface area contributed by atoms with Crippen LogP contribution in [0.5, 0.6) is 0 Å². The van der Waals surface area contributed by atoms with E-state index in [9.17, 15) is 0 Å². The first kappa shape index (κ1) is 12.0. The first-order valence-corrected chi connectivity index (χ1v) is 6.18. The summed E-state index contributed by atoms with van der Waals surface area (Å²) in [6.07, 6.45) is 0. The van der Waals surface area contributed by atoms with Gasteiger partial charge >= 0.3 is 0 Å². The van der Waals surface area contributed by atoms with Crippen LogP contribution in [0.25, 0.3) is 10.9 Å². The van der Waals surface area contributed by atoms with Crippen LogP contribution >= 0.6 is 24.4 Å². The van der Waals surface area contributed by atoms with E-state index in [-0.39, 0.29) is 0 Å². The first-order valence-electron chi connectivity index (χ1n) is 5.37. The molecule has 2 rings (SSSR count). The highest BCUT2D eigenvalue weighted by atomic mass is 32.1. The number of aromatic nitrogens is 1. The summed E-state index contributed by atoms with van der Waals surface area (Å²) >= 11 is 10.2. The Labute approximate surface area is 110 Å². The molecule has 5 heteroatoms. The number of benzene rings is 1. The van der Waals surface area contributed by atoms with Gasteiger partial charge in [0.2, 0.25) is 0 Å². The maximum atomic E-state index is 5.13. The normalized spacial score (nSPS) is 10.2. The smallest absolute Gasteiger partial charge is 0.170 e. The maximum Gasteiger partial charge on any atom is 0.170 e. The molecule has 1 aromatic heterocycles. The number of thiocarbonyl (C=S) groups is 1. The van der Waals surface area contributed by atoms with Crippen LogP contribution < -0.4 is 10.6 Å². The molecular formula is C12H13N3S2. The Balaban J connectivity index is 2.29. The first-order chi connectivity index (χ1) is 8.19. The van der Waals surface area contributed by atoms with Crippen molar-refractivity contribution in [1.29, 1.82) is 0 Å². The Morgan fingerprint density at radius 2 is 2.12 bits per heavy atom. The van der Waals surface area contributed by atoms with Crippen molar-refractivity contribution in [1.82, 2.24) is 10.3 Å². The minimum Gasteiger partial charge on any atom is -0.363 e. The second-order valence-electron chi connectivity index (χ2n) is 3.61. The summed E-state index contributed by atoms with van der Waals surface area (Å²) in [5.41, 5.74) is 1.99. The summed E-state index contributed by atoms with van der Waals surface area (Å²) in [5.74, 6) is 0. The molecule has 0 amide bonds. The quantitative estimate of drug-likeness (QED) is 0.728. The molecule has 0 radical (unpaired) electrons. The van der Waals surface area contributed by atoms with Crippen molar-refractivity contribution >= 4 is 46.1 Å². The van der Waals surface area contributed by atoms with Crippen LogP contribution in [0.1, 0.15) is 6.92 Å². The molecule has 0 saturated carbocycles. The van der Waals surface area contributed by atoms with Gasteiger partial charge in [-0.1, -0.05) is 12.2 Å². The molecule has 0 fully saturated rings. The zero-order chi connectivity index (χ0) is 12.3. The Morgan fingerprint density at radius 1 is 1.29 bits per heavy atom. The summed E-state index contributed by atoms with van der Waals surface area (Å²) in [6.45, 7) is 2.82. The van der Waals surface area contributed by atoms with Gasteiger partial charge in [-0.15, -0.1) is 0 Å². The highest BCUT2D eigenvalue weighted by molar-refractivity contribution is 7.80. The molecule has 0 saturated heterocycles. The van der Waals surface area contributed by atoms with Crippen LogP contribution in [0.2, 0.25) is 0 Å². The number of hydrogen-bond donors (Lipinski definition) is 3. The zero-order valence-corrected chi connectivity index (χ0v) is 11.0. The van der Waals surface area contributed by atoms with E-state index in [1.807, 2.05) is 37.3 Å². The number of fused-ring (bicyclic) bond motifs is 1. The fraction of sp³-hybridized carbons (Fsp3) is 0.167. The van der Waals surface area contributed by atoms with Crippen molar-refractivity contribution < 1.29 is 0 Å². The number of pyridine rings is 1. The maximum absolute atomic E-state index is 5.13. The van der Waals surface area contributed by atoms with Crippen LogP contribution in [-0.4, -0.2) is 16.6 Å². The van der Waals surface area contributed by atoms with Crippen LogP contribution in [0.3, 0.4) is 0 Å². The Bertz CT molecular complexity index is 604. The molecule has 0 atom stereocenters. The van der Waals surface area contributed by atoms with Gasteiger partial charge in [-0.05, 0) is 49.5 Å². The van der Waals surface area contributed by atoms with E-state index < -0.39 is 0 Å². The van der Waals surface area contributed by atoms with Gasteiger partial charge in [0.15, 0.2) is 5.11 Å². The second kappa shape index (κ2) is 5.25. The minimum absolute atomic E-state index is 0.635. The fourth-order valence-corrected chi connectivity index (χ4v) is 2.01. The number of nitrogens with one attached hydrogen (secondary N) is 3. The molecule has 0 bridgehead atoms. The lowest BCUT2D eigenvalue weighted by molar-refractivity contribution is 0.979. The molecule has 0 spiro atoms. The lowest BCUT2D eigenvalue weighted by atomic mass is 10.2. The van der Waals surface area contributed by atoms with E-state index in [1.165, 1.54) is 0 Å². The van der Waals surface area contributed by atoms with Gasteiger partial charge in [-0.3, -0.25) is 0 Å². The van der Waals surface area contributed by atoms with Crippen molar-refractivity contribution in [2.45, 2.75) is 6.92 Å². The van der Waals surface area contributed by atoms with Gasteiger partial charge < -0.3 is 15.6 Å².